The van der Waals surface area contributed by atoms with E-state index in [1.54, 1.807) is 0 Å². The normalized spacial score (nSPS) is 36.8. The zero-order valence-electron chi connectivity index (χ0n) is 11.8. The fraction of sp³-hybridized carbons (Fsp3) is 0.867. The third-order valence-electron chi connectivity index (χ3n) is 5.44. The van der Waals surface area contributed by atoms with Crippen molar-refractivity contribution in [2.45, 2.75) is 63.5 Å². The molecule has 5 heteroatoms. The van der Waals surface area contributed by atoms with E-state index in [1.165, 1.54) is 19.3 Å². The van der Waals surface area contributed by atoms with Crippen LogP contribution < -0.4 is 10.6 Å². The molecule has 4 unspecified atom stereocenters. The van der Waals surface area contributed by atoms with Gasteiger partial charge in [0.05, 0.1) is 5.92 Å². The summed E-state index contributed by atoms with van der Waals surface area (Å²) in [5, 5.41) is 15.3. The minimum Gasteiger partial charge on any atom is -0.481 e. The fourth-order valence-electron chi connectivity index (χ4n) is 4.48. The van der Waals surface area contributed by atoms with Gasteiger partial charge in [-0.3, -0.25) is 4.79 Å². The third kappa shape index (κ3) is 2.63. The Balaban J connectivity index is 1.56. The molecule has 5 nitrogen and oxygen atoms in total. The van der Waals surface area contributed by atoms with Gasteiger partial charge >= 0.3 is 12.0 Å². The van der Waals surface area contributed by atoms with Crippen molar-refractivity contribution < 1.29 is 14.7 Å². The molecule has 2 amide bonds. The maximum atomic E-state index is 12.1. The minimum atomic E-state index is -0.750. The first-order valence-electron chi connectivity index (χ1n) is 7.95. The van der Waals surface area contributed by atoms with Crippen LogP contribution in [-0.4, -0.2) is 29.2 Å². The second kappa shape index (κ2) is 5.62. The van der Waals surface area contributed by atoms with Gasteiger partial charge in [0, 0.05) is 12.1 Å². The number of amides is 2. The largest absolute Gasteiger partial charge is 0.481 e. The number of carbonyl (C=O) groups is 2. The SMILES string of the molecule is O=C(NC1CCCCC1)NC1C2CCC(C2)C1C(=O)O. The smallest absolute Gasteiger partial charge is 0.315 e. The van der Waals surface area contributed by atoms with Gasteiger partial charge in [0.1, 0.15) is 0 Å². The summed E-state index contributed by atoms with van der Waals surface area (Å²) in [5.74, 6) is -0.512. The lowest BCUT2D eigenvalue weighted by atomic mass is 9.84. The molecule has 2 bridgehead atoms. The highest BCUT2D eigenvalue weighted by molar-refractivity contribution is 5.77. The summed E-state index contributed by atoms with van der Waals surface area (Å²) in [6, 6.07) is -0.0684. The van der Waals surface area contributed by atoms with Crippen LogP contribution in [0.3, 0.4) is 0 Å². The Morgan fingerprint density at radius 1 is 0.900 bits per heavy atom. The molecule has 0 heterocycles. The van der Waals surface area contributed by atoms with Crippen LogP contribution in [-0.2, 0) is 4.79 Å². The Hall–Kier alpha value is -1.26. The molecule has 112 valence electrons. The number of hydrogen-bond acceptors (Lipinski definition) is 2. The number of urea groups is 1. The number of rotatable bonds is 3. The van der Waals surface area contributed by atoms with E-state index in [0.29, 0.717) is 5.92 Å². The summed E-state index contributed by atoms with van der Waals surface area (Å²) in [4.78, 5) is 23.5. The number of aliphatic carboxylic acids is 1. The number of nitrogens with one attached hydrogen (secondary N) is 2. The predicted molar refractivity (Wildman–Crippen MR) is 74.3 cm³/mol. The van der Waals surface area contributed by atoms with Gasteiger partial charge in [-0.05, 0) is 43.9 Å². The average Bonchev–Trinajstić information content (AvgIpc) is 3.00. The molecule has 0 aromatic carbocycles. The summed E-state index contributed by atoms with van der Waals surface area (Å²) < 4.78 is 0. The van der Waals surface area contributed by atoms with E-state index in [0.717, 1.165) is 32.1 Å². The van der Waals surface area contributed by atoms with Crippen LogP contribution in [0.15, 0.2) is 0 Å². The summed E-state index contributed by atoms with van der Waals surface area (Å²) in [7, 11) is 0. The summed E-state index contributed by atoms with van der Waals surface area (Å²) >= 11 is 0. The molecule has 0 radical (unpaired) electrons. The van der Waals surface area contributed by atoms with Gasteiger partial charge in [0.2, 0.25) is 0 Å². The lowest BCUT2D eigenvalue weighted by Crippen LogP contribution is -2.52. The average molecular weight is 280 g/mol. The maximum absolute atomic E-state index is 12.1. The van der Waals surface area contributed by atoms with Crippen molar-refractivity contribution in [3.8, 4) is 0 Å². The molecule has 0 aromatic heterocycles. The second-order valence-corrected chi connectivity index (χ2v) is 6.68. The van der Waals surface area contributed by atoms with Crippen LogP contribution in [0.2, 0.25) is 0 Å². The number of fused-ring (bicyclic) bond motifs is 2. The highest BCUT2D eigenvalue weighted by atomic mass is 16.4. The fourth-order valence-corrected chi connectivity index (χ4v) is 4.48. The number of carboxylic acids is 1. The Bertz CT molecular complexity index is 393. The van der Waals surface area contributed by atoms with Gasteiger partial charge in [-0.15, -0.1) is 0 Å². The first-order chi connectivity index (χ1) is 9.65. The minimum absolute atomic E-state index is 0.166. The summed E-state index contributed by atoms with van der Waals surface area (Å²) in [6.07, 6.45) is 8.73. The van der Waals surface area contributed by atoms with E-state index in [4.69, 9.17) is 0 Å². The predicted octanol–water partition coefficient (Wildman–Crippen LogP) is 2.12. The lowest BCUT2D eigenvalue weighted by molar-refractivity contribution is -0.144. The highest BCUT2D eigenvalue weighted by Gasteiger charge is 2.51. The first kappa shape index (κ1) is 13.7. The Morgan fingerprint density at radius 3 is 2.30 bits per heavy atom. The quantitative estimate of drug-likeness (QED) is 0.741. The van der Waals surface area contributed by atoms with Crippen molar-refractivity contribution in [3.63, 3.8) is 0 Å². The van der Waals surface area contributed by atoms with Gasteiger partial charge in [-0.1, -0.05) is 19.3 Å². The van der Waals surface area contributed by atoms with Gasteiger partial charge in [0.25, 0.3) is 0 Å². The van der Waals surface area contributed by atoms with Crippen molar-refractivity contribution in [1.29, 1.82) is 0 Å². The molecule has 3 saturated carbocycles. The molecule has 0 aromatic rings. The number of carbonyl (C=O) groups excluding carboxylic acids is 1. The molecule has 3 N–H and O–H groups in total. The van der Waals surface area contributed by atoms with E-state index in [1.807, 2.05) is 0 Å². The van der Waals surface area contributed by atoms with Crippen molar-refractivity contribution >= 4 is 12.0 Å². The molecule has 0 saturated heterocycles. The summed E-state index contributed by atoms with van der Waals surface area (Å²) in [6.45, 7) is 0. The van der Waals surface area contributed by atoms with Gasteiger partial charge in [0.15, 0.2) is 0 Å². The van der Waals surface area contributed by atoms with Crippen molar-refractivity contribution in [1.82, 2.24) is 10.6 Å². The van der Waals surface area contributed by atoms with Crippen LogP contribution in [0.25, 0.3) is 0 Å². The Morgan fingerprint density at radius 2 is 1.60 bits per heavy atom. The zero-order valence-corrected chi connectivity index (χ0v) is 11.8. The molecule has 20 heavy (non-hydrogen) atoms. The van der Waals surface area contributed by atoms with E-state index < -0.39 is 5.97 Å². The van der Waals surface area contributed by atoms with Crippen molar-refractivity contribution in [2.75, 3.05) is 0 Å². The van der Waals surface area contributed by atoms with Gasteiger partial charge in [-0.2, -0.15) is 0 Å². The van der Waals surface area contributed by atoms with E-state index in [-0.39, 0.29) is 30.0 Å². The van der Waals surface area contributed by atoms with E-state index in [9.17, 15) is 14.7 Å². The number of hydrogen-bond donors (Lipinski definition) is 3. The van der Waals surface area contributed by atoms with Crippen LogP contribution >= 0.6 is 0 Å². The molecule has 3 aliphatic carbocycles. The molecular formula is C15H24N2O3. The molecule has 3 fully saturated rings. The van der Waals surface area contributed by atoms with Crippen LogP contribution in [0.1, 0.15) is 51.4 Å². The first-order valence-corrected chi connectivity index (χ1v) is 7.95. The van der Waals surface area contributed by atoms with Crippen LogP contribution in [0.5, 0.6) is 0 Å². The monoisotopic (exact) mass is 280 g/mol. The van der Waals surface area contributed by atoms with Crippen LogP contribution in [0, 0.1) is 17.8 Å². The maximum Gasteiger partial charge on any atom is 0.315 e. The molecule has 0 aliphatic heterocycles. The summed E-state index contributed by atoms with van der Waals surface area (Å²) in [5.41, 5.74) is 0. The molecule has 3 rings (SSSR count). The van der Waals surface area contributed by atoms with Gasteiger partial charge in [-0.25, -0.2) is 4.79 Å². The Kier molecular flexibility index (Phi) is 3.85. The van der Waals surface area contributed by atoms with Crippen LogP contribution in [0.4, 0.5) is 4.79 Å². The zero-order chi connectivity index (χ0) is 14.1. The van der Waals surface area contributed by atoms with Gasteiger partial charge < -0.3 is 15.7 Å². The third-order valence-corrected chi connectivity index (χ3v) is 5.44. The van der Waals surface area contributed by atoms with E-state index >= 15 is 0 Å². The highest BCUT2D eigenvalue weighted by Crippen LogP contribution is 2.48. The lowest BCUT2D eigenvalue weighted by Gasteiger charge is -2.30. The molecule has 0 spiro atoms. The topological polar surface area (TPSA) is 78.4 Å². The Labute approximate surface area is 119 Å². The second-order valence-electron chi connectivity index (χ2n) is 6.68. The molecular weight excluding hydrogens is 256 g/mol. The number of carboxylic acid groups (broad SMARTS) is 1. The standard InChI is InChI=1S/C15H24N2O3/c18-14(19)12-9-6-7-10(8-9)13(12)17-15(20)16-11-4-2-1-3-5-11/h9-13H,1-8H2,(H,18,19)(H2,16,17,20). The van der Waals surface area contributed by atoms with E-state index in [2.05, 4.69) is 10.6 Å². The molecule has 4 atom stereocenters. The van der Waals surface area contributed by atoms with Crippen molar-refractivity contribution in [2.24, 2.45) is 17.8 Å². The van der Waals surface area contributed by atoms with Crippen molar-refractivity contribution in [3.05, 3.63) is 0 Å². The molecule has 3 aliphatic rings.